The van der Waals surface area contributed by atoms with Crippen molar-refractivity contribution in [2.24, 2.45) is 7.05 Å². The molecule has 128 valence electrons. The van der Waals surface area contributed by atoms with Crippen LogP contribution in [0.1, 0.15) is 12.5 Å². The molecule has 0 radical (unpaired) electrons. The highest BCUT2D eigenvalue weighted by Crippen LogP contribution is 2.33. The molecule has 0 aliphatic carbocycles. The van der Waals surface area contributed by atoms with Crippen molar-refractivity contribution in [1.29, 1.82) is 0 Å². The molecular formula is C18H18N4OS2. The van der Waals surface area contributed by atoms with E-state index < -0.39 is 0 Å². The fraction of sp³-hybridized carbons (Fsp3) is 0.278. The third kappa shape index (κ3) is 2.98. The van der Waals surface area contributed by atoms with E-state index in [9.17, 15) is 4.79 Å². The lowest BCUT2D eigenvalue weighted by molar-refractivity contribution is -0.116. The number of benzene rings is 1. The molecule has 0 fully saturated rings. The summed E-state index contributed by atoms with van der Waals surface area (Å²) in [5, 5.41) is 11.3. The number of aromatic nitrogens is 3. The Labute approximate surface area is 154 Å². The summed E-state index contributed by atoms with van der Waals surface area (Å²) in [6.45, 7) is 2.10. The van der Waals surface area contributed by atoms with E-state index >= 15 is 0 Å². The molecule has 4 rings (SSSR count). The Balaban J connectivity index is 1.48. The summed E-state index contributed by atoms with van der Waals surface area (Å²) >= 11 is 3.07. The van der Waals surface area contributed by atoms with Crippen molar-refractivity contribution in [3.05, 3.63) is 47.3 Å². The van der Waals surface area contributed by atoms with Crippen LogP contribution in [0, 0.1) is 0 Å². The lowest BCUT2D eigenvalue weighted by Gasteiger charge is -2.22. The Kier molecular flexibility index (Phi) is 4.35. The SMILES string of the molecule is CC1Cc2ccccc2N1C(=O)CSc1nnc(-c2cccs2)n1C. The van der Waals surface area contributed by atoms with Crippen molar-refractivity contribution in [2.75, 3.05) is 10.7 Å². The van der Waals surface area contributed by atoms with Crippen LogP contribution in [0.3, 0.4) is 0 Å². The topological polar surface area (TPSA) is 51.0 Å². The second kappa shape index (κ2) is 6.65. The smallest absolute Gasteiger partial charge is 0.237 e. The van der Waals surface area contributed by atoms with E-state index in [0.717, 1.165) is 28.0 Å². The van der Waals surface area contributed by atoms with Gasteiger partial charge in [0, 0.05) is 18.8 Å². The summed E-state index contributed by atoms with van der Waals surface area (Å²) in [5.41, 5.74) is 2.28. The van der Waals surface area contributed by atoms with Crippen LogP contribution in [-0.4, -0.2) is 32.5 Å². The van der Waals surface area contributed by atoms with Gasteiger partial charge in [0.2, 0.25) is 5.91 Å². The van der Waals surface area contributed by atoms with E-state index in [1.807, 2.05) is 52.2 Å². The summed E-state index contributed by atoms with van der Waals surface area (Å²) in [4.78, 5) is 15.8. The fourth-order valence-corrected chi connectivity index (χ4v) is 4.72. The van der Waals surface area contributed by atoms with E-state index in [4.69, 9.17) is 0 Å². The molecule has 1 unspecified atom stereocenters. The molecule has 2 aromatic heterocycles. The molecule has 0 saturated carbocycles. The minimum absolute atomic E-state index is 0.114. The zero-order valence-corrected chi connectivity index (χ0v) is 15.7. The molecule has 0 spiro atoms. The highest BCUT2D eigenvalue weighted by atomic mass is 32.2. The van der Waals surface area contributed by atoms with Crippen molar-refractivity contribution in [3.8, 4) is 10.7 Å². The van der Waals surface area contributed by atoms with Gasteiger partial charge in [0.1, 0.15) is 0 Å². The van der Waals surface area contributed by atoms with E-state index in [-0.39, 0.29) is 11.9 Å². The standard InChI is InChI=1S/C18H18N4OS2/c1-12-10-13-6-3-4-7-14(13)22(12)16(23)11-25-18-20-19-17(21(18)2)15-8-5-9-24-15/h3-9,12H,10-11H2,1-2H3. The summed E-state index contributed by atoms with van der Waals surface area (Å²) in [6.07, 6.45) is 0.916. The van der Waals surface area contributed by atoms with Gasteiger partial charge in [-0.3, -0.25) is 4.79 Å². The number of carbonyl (C=O) groups is 1. The summed E-state index contributed by atoms with van der Waals surface area (Å²) in [6, 6.07) is 12.4. The number of fused-ring (bicyclic) bond motifs is 1. The Morgan fingerprint density at radius 2 is 2.12 bits per heavy atom. The van der Waals surface area contributed by atoms with E-state index in [2.05, 4.69) is 23.2 Å². The van der Waals surface area contributed by atoms with Crippen LogP contribution in [0.25, 0.3) is 10.7 Å². The molecule has 5 nitrogen and oxygen atoms in total. The molecule has 7 heteroatoms. The first-order valence-corrected chi connectivity index (χ1v) is 9.97. The lowest BCUT2D eigenvalue weighted by Crippen LogP contribution is -2.37. The first-order valence-electron chi connectivity index (χ1n) is 8.11. The van der Waals surface area contributed by atoms with Gasteiger partial charge in [-0.2, -0.15) is 0 Å². The van der Waals surface area contributed by atoms with Crippen LogP contribution >= 0.6 is 23.1 Å². The zero-order valence-electron chi connectivity index (χ0n) is 14.0. The Hall–Kier alpha value is -2.12. The van der Waals surface area contributed by atoms with Crippen LogP contribution in [-0.2, 0) is 18.3 Å². The van der Waals surface area contributed by atoms with Gasteiger partial charge < -0.3 is 9.47 Å². The van der Waals surface area contributed by atoms with Crippen LogP contribution in [0.15, 0.2) is 46.9 Å². The molecule has 0 N–H and O–H groups in total. The summed E-state index contributed by atoms with van der Waals surface area (Å²) in [5.74, 6) is 1.31. The van der Waals surface area contributed by atoms with E-state index in [0.29, 0.717) is 5.75 Å². The molecule has 1 aliphatic rings. The number of thioether (sulfide) groups is 1. The molecule has 1 atom stereocenters. The average molecular weight is 371 g/mol. The number of rotatable bonds is 4. The maximum absolute atomic E-state index is 12.8. The van der Waals surface area contributed by atoms with Crippen LogP contribution in [0.2, 0.25) is 0 Å². The number of thiophene rings is 1. The normalized spacial score (nSPS) is 16.2. The third-order valence-electron chi connectivity index (χ3n) is 4.38. The molecule has 3 aromatic rings. The van der Waals surface area contributed by atoms with Gasteiger partial charge >= 0.3 is 0 Å². The molecule has 1 aliphatic heterocycles. The number of nitrogens with zero attached hydrogens (tertiary/aromatic N) is 4. The van der Waals surface area contributed by atoms with Crippen molar-refractivity contribution >= 4 is 34.7 Å². The van der Waals surface area contributed by atoms with Crippen molar-refractivity contribution in [1.82, 2.24) is 14.8 Å². The van der Waals surface area contributed by atoms with Crippen molar-refractivity contribution in [2.45, 2.75) is 24.5 Å². The molecule has 3 heterocycles. The monoisotopic (exact) mass is 370 g/mol. The third-order valence-corrected chi connectivity index (χ3v) is 6.25. The Morgan fingerprint density at radius 3 is 2.92 bits per heavy atom. The molecular weight excluding hydrogens is 352 g/mol. The first-order chi connectivity index (χ1) is 12.1. The van der Waals surface area contributed by atoms with Gasteiger partial charge in [-0.05, 0) is 36.4 Å². The first kappa shape index (κ1) is 16.4. The highest BCUT2D eigenvalue weighted by Gasteiger charge is 2.30. The van der Waals surface area contributed by atoms with Crippen LogP contribution in [0.4, 0.5) is 5.69 Å². The minimum Gasteiger partial charge on any atom is -0.308 e. The number of hydrogen-bond acceptors (Lipinski definition) is 5. The van der Waals surface area contributed by atoms with Crippen molar-refractivity contribution < 1.29 is 4.79 Å². The Morgan fingerprint density at radius 1 is 1.28 bits per heavy atom. The van der Waals surface area contributed by atoms with Gasteiger partial charge in [0.05, 0.1) is 10.6 Å². The maximum atomic E-state index is 12.8. The Bertz CT molecular complexity index is 904. The number of hydrogen-bond donors (Lipinski definition) is 0. The quantitative estimate of drug-likeness (QED) is 0.658. The maximum Gasteiger partial charge on any atom is 0.237 e. The van der Waals surface area contributed by atoms with Gasteiger partial charge in [-0.1, -0.05) is 36.0 Å². The highest BCUT2D eigenvalue weighted by molar-refractivity contribution is 7.99. The second-order valence-electron chi connectivity index (χ2n) is 6.08. The summed E-state index contributed by atoms with van der Waals surface area (Å²) in [7, 11) is 1.94. The van der Waals surface area contributed by atoms with E-state index in [1.165, 1.54) is 17.3 Å². The van der Waals surface area contributed by atoms with Crippen LogP contribution in [0.5, 0.6) is 0 Å². The minimum atomic E-state index is 0.114. The van der Waals surface area contributed by atoms with Gasteiger partial charge in [-0.15, -0.1) is 21.5 Å². The predicted molar refractivity (Wildman–Crippen MR) is 102 cm³/mol. The number of para-hydroxylation sites is 1. The van der Waals surface area contributed by atoms with Gasteiger partial charge in [0.15, 0.2) is 11.0 Å². The van der Waals surface area contributed by atoms with Gasteiger partial charge in [0.25, 0.3) is 0 Å². The fourth-order valence-electron chi connectivity index (χ4n) is 3.20. The largest absolute Gasteiger partial charge is 0.308 e. The average Bonchev–Trinajstić information content (AvgIpc) is 3.31. The molecule has 0 saturated heterocycles. The molecule has 25 heavy (non-hydrogen) atoms. The lowest BCUT2D eigenvalue weighted by atomic mass is 10.1. The second-order valence-corrected chi connectivity index (χ2v) is 7.97. The molecule has 1 amide bonds. The van der Waals surface area contributed by atoms with Crippen LogP contribution < -0.4 is 4.90 Å². The predicted octanol–water partition coefficient (Wildman–Crippen LogP) is 3.61. The number of amides is 1. The number of anilines is 1. The van der Waals surface area contributed by atoms with Gasteiger partial charge in [-0.25, -0.2) is 0 Å². The van der Waals surface area contributed by atoms with Crippen molar-refractivity contribution in [3.63, 3.8) is 0 Å². The van der Waals surface area contributed by atoms with E-state index in [1.54, 1.807) is 11.3 Å². The summed E-state index contributed by atoms with van der Waals surface area (Å²) < 4.78 is 1.95. The number of carbonyl (C=O) groups excluding carboxylic acids is 1. The molecule has 1 aromatic carbocycles. The zero-order chi connectivity index (χ0) is 17.4. The molecule has 0 bridgehead atoms.